The summed E-state index contributed by atoms with van der Waals surface area (Å²) < 4.78 is 5.74. The first-order valence-corrected chi connectivity index (χ1v) is 8.28. The van der Waals surface area contributed by atoms with Crippen molar-refractivity contribution < 1.29 is 4.74 Å². The molecular weight excluding hydrogens is 324 g/mol. The van der Waals surface area contributed by atoms with Gasteiger partial charge in [-0.25, -0.2) is 0 Å². The minimum Gasteiger partial charge on any atom is -0.365 e. The molecule has 0 aliphatic carbocycles. The molecule has 0 aliphatic rings. The van der Waals surface area contributed by atoms with Gasteiger partial charge in [-0.1, -0.05) is 52.2 Å². The smallest absolute Gasteiger partial charge is 0.118 e. The van der Waals surface area contributed by atoms with E-state index in [4.69, 9.17) is 16.3 Å². The van der Waals surface area contributed by atoms with E-state index in [0.717, 1.165) is 31.0 Å². The Morgan fingerprint density at radius 2 is 2.05 bits per heavy atom. The minimum absolute atomic E-state index is 0.0214. The maximum absolute atomic E-state index is 5.74. The van der Waals surface area contributed by atoms with E-state index in [2.05, 4.69) is 52.0 Å². The number of hydrogen-bond donors (Lipinski definition) is 0. The van der Waals surface area contributed by atoms with Crippen LogP contribution >= 0.6 is 27.5 Å². The van der Waals surface area contributed by atoms with E-state index in [1.807, 2.05) is 6.07 Å². The Bertz CT molecular complexity index is 383. The second-order valence-electron chi connectivity index (χ2n) is 4.19. The second kappa shape index (κ2) is 11.3. The van der Waals surface area contributed by atoms with Gasteiger partial charge in [-0.05, 0) is 24.8 Å². The van der Waals surface area contributed by atoms with Crippen molar-refractivity contribution in [2.45, 2.75) is 31.8 Å². The average molecular weight is 344 g/mol. The molecule has 0 saturated heterocycles. The number of halogens is 2. The number of aryl methyl sites for hydroxylation is 1. The van der Waals surface area contributed by atoms with Crippen LogP contribution in [0.15, 0.2) is 30.3 Å². The molecule has 1 unspecified atom stereocenters. The predicted octanol–water partition coefficient (Wildman–Crippen LogP) is 4.42. The molecule has 0 bridgehead atoms. The zero-order valence-corrected chi connectivity index (χ0v) is 13.4. The normalized spacial score (nSPS) is 11.7. The lowest BCUT2D eigenvalue weighted by Gasteiger charge is -2.11. The van der Waals surface area contributed by atoms with Crippen molar-refractivity contribution in [2.24, 2.45) is 0 Å². The fourth-order valence-electron chi connectivity index (χ4n) is 1.67. The van der Waals surface area contributed by atoms with Crippen molar-refractivity contribution >= 4 is 27.5 Å². The van der Waals surface area contributed by atoms with Crippen LogP contribution in [0.4, 0.5) is 0 Å². The molecular formula is C16H20BrClO. The van der Waals surface area contributed by atoms with E-state index in [9.17, 15) is 0 Å². The van der Waals surface area contributed by atoms with E-state index < -0.39 is 0 Å². The van der Waals surface area contributed by atoms with Gasteiger partial charge in [0.2, 0.25) is 0 Å². The average Bonchev–Trinajstić information content (AvgIpc) is 2.46. The molecule has 0 aromatic heterocycles. The first kappa shape index (κ1) is 16.6. The van der Waals surface area contributed by atoms with Crippen LogP contribution < -0.4 is 0 Å². The van der Waals surface area contributed by atoms with E-state index in [-0.39, 0.29) is 6.10 Å². The van der Waals surface area contributed by atoms with E-state index in [1.54, 1.807) is 0 Å². The zero-order valence-electron chi connectivity index (χ0n) is 11.1. The Labute approximate surface area is 129 Å². The largest absolute Gasteiger partial charge is 0.365 e. The summed E-state index contributed by atoms with van der Waals surface area (Å²) in [5.74, 6) is 7.04. The molecule has 1 rings (SSSR count). The van der Waals surface area contributed by atoms with Crippen LogP contribution in [0.3, 0.4) is 0 Å². The molecule has 1 atom stereocenters. The van der Waals surface area contributed by atoms with Crippen molar-refractivity contribution in [1.29, 1.82) is 0 Å². The van der Waals surface area contributed by atoms with Gasteiger partial charge in [0.25, 0.3) is 0 Å². The van der Waals surface area contributed by atoms with Crippen LogP contribution in [-0.2, 0) is 11.2 Å². The molecule has 0 amide bonds. The second-order valence-corrected chi connectivity index (χ2v) is 5.36. The zero-order chi connectivity index (χ0) is 13.8. The van der Waals surface area contributed by atoms with Gasteiger partial charge < -0.3 is 4.74 Å². The summed E-state index contributed by atoms with van der Waals surface area (Å²) in [6.07, 6.45) is 3.75. The van der Waals surface area contributed by atoms with Gasteiger partial charge in [-0.15, -0.1) is 17.5 Å². The number of hydrogen-bond acceptors (Lipinski definition) is 1. The first-order valence-electron chi connectivity index (χ1n) is 6.62. The molecule has 0 heterocycles. The molecule has 3 heteroatoms. The highest BCUT2D eigenvalue weighted by Crippen LogP contribution is 2.07. The van der Waals surface area contributed by atoms with Crippen LogP contribution in [0.25, 0.3) is 0 Å². The highest BCUT2D eigenvalue weighted by molar-refractivity contribution is 9.09. The quantitative estimate of drug-likeness (QED) is 0.386. The lowest BCUT2D eigenvalue weighted by Crippen LogP contribution is -2.13. The number of ether oxygens (including phenoxy) is 1. The van der Waals surface area contributed by atoms with Gasteiger partial charge in [-0.3, -0.25) is 0 Å². The molecule has 0 saturated carbocycles. The van der Waals surface area contributed by atoms with Gasteiger partial charge in [0.05, 0.1) is 6.61 Å². The summed E-state index contributed by atoms with van der Waals surface area (Å²) in [4.78, 5) is 0. The molecule has 0 spiro atoms. The standard InChI is InChI=1S/C16H20BrClO/c17-12-14-19-16(9-5-2-6-13-18)11-10-15-7-3-1-4-8-15/h1,3-4,7-8,16H,2,6,10-14H2. The summed E-state index contributed by atoms with van der Waals surface area (Å²) >= 11 is 9.01. The first-order chi connectivity index (χ1) is 9.36. The van der Waals surface area contributed by atoms with Crippen LogP contribution in [0.2, 0.25) is 0 Å². The molecule has 1 nitrogen and oxygen atoms in total. The number of unbranched alkanes of at least 4 members (excludes halogenated alkanes) is 1. The topological polar surface area (TPSA) is 9.23 Å². The fourth-order valence-corrected chi connectivity index (χ4v) is 1.99. The third-order valence-corrected chi connectivity index (χ3v) is 3.22. The van der Waals surface area contributed by atoms with Crippen LogP contribution in [0.1, 0.15) is 24.8 Å². The van der Waals surface area contributed by atoms with E-state index in [1.165, 1.54) is 5.56 Å². The highest BCUT2D eigenvalue weighted by Gasteiger charge is 2.05. The molecule has 0 aliphatic heterocycles. The molecule has 1 aromatic rings. The Hall–Kier alpha value is -0.490. The fraction of sp³-hybridized carbons (Fsp3) is 0.500. The van der Waals surface area contributed by atoms with Crippen molar-refractivity contribution in [3.63, 3.8) is 0 Å². The SMILES string of the molecule is ClCCCC#CC(CCc1ccccc1)OCCBr. The Morgan fingerprint density at radius 3 is 2.74 bits per heavy atom. The summed E-state index contributed by atoms with van der Waals surface area (Å²) in [5, 5.41) is 0.845. The monoisotopic (exact) mass is 342 g/mol. The van der Waals surface area contributed by atoms with Crippen molar-refractivity contribution in [1.82, 2.24) is 0 Å². The highest BCUT2D eigenvalue weighted by atomic mass is 79.9. The Balaban J connectivity index is 2.41. The summed E-state index contributed by atoms with van der Waals surface area (Å²) in [5.41, 5.74) is 1.33. The predicted molar refractivity (Wildman–Crippen MR) is 86.0 cm³/mol. The number of rotatable bonds is 8. The van der Waals surface area contributed by atoms with Crippen LogP contribution in [0.5, 0.6) is 0 Å². The van der Waals surface area contributed by atoms with Crippen molar-refractivity contribution in [3.05, 3.63) is 35.9 Å². The van der Waals surface area contributed by atoms with Crippen molar-refractivity contribution in [2.75, 3.05) is 17.8 Å². The van der Waals surface area contributed by atoms with E-state index in [0.29, 0.717) is 12.5 Å². The maximum Gasteiger partial charge on any atom is 0.118 e. The van der Waals surface area contributed by atoms with Gasteiger partial charge >= 0.3 is 0 Å². The van der Waals surface area contributed by atoms with Gasteiger partial charge in [-0.2, -0.15) is 0 Å². The van der Waals surface area contributed by atoms with E-state index >= 15 is 0 Å². The van der Waals surface area contributed by atoms with Gasteiger partial charge in [0.1, 0.15) is 6.10 Å². The molecule has 0 fully saturated rings. The molecule has 0 radical (unpaired) electrons. The Kier molecular flexibility index (Phi) is 9.89. The van der Waals surface area contributed by atoms with Crippen LogP contribution in [-0.4, -0.2) is 23.9 Å². The number of alkyl halides is 2. The maximum atomic E-state index is 5.74. The van der Waals surface area contributed by atoms with Crippen molar-refractivity contribution in [3.8, 4) is 11.8 Å². The minimum atomic E-state index is 0.0214. The van der Waals surface area contributed by atoms with Gasteiger partial charge in [0, 0.05) is 17.6 Å². The summed E-state index contributed by atoms with van der Waals surface area (Å²) in [6.45, 7) is 0.698. The molecule has 0 N–H and O–H groups in total. The lowest BCUT2D eigenvalue weighted by molar-refractivity contribution is 0.0997. The summed E-state index contributed by atoms with van der Waals surface area (Å²) in [7, 11) is 0. The van der Waals surface area contributed by atoms with Gasteiger partial charge in [0.15, 0.2) is 0 Å². The Morgan fingerprint density at radius 1 is 1.26 bits per heavy atom. The molecule has 1 aromatic carbocycles. The molecule has 104 valence electrons. The lowest BCUT2D eigenvalue weighted by atomic mass is 10.1. The number of benzene rings is 1. The summed E-state index contributed by atoms with van der Waals surface area (Å²) in [6, 6.07) is 10.4. The third kappa shape index (κ3) is 8.31. The van der Waals surface area contributed by atoms with Crippen LogP contribution in [0, 0.1) is 11.8 Å². The molecule has 19 heavy (non-hydrogen) atoms. The third-order valence-electron chi connectivity index (χ3n) is 2.63.